The first-order valence-electron chi connectivity index (χ1n) is 7.94. The molecule has 0 saturated carbocycles. The molecule has 1 aromatic rings. The molecule has 0 atom stereocenters. The van der Waals surface area contributed by atoms with Gasteiger partial charge in [-0.1, -0.05) is 37.8 Å². The van der Waals surface area contributed by atoms with E-state index in [2.05, 4.69) is 37.1 Å². The zero-order valence-corrected chi connectivity index (χ0v) is 13.9. The molecule has 0 fully saturated rings. The van der Waals surface area contributed by atoms with E-state index >= 15 is 0 Å². The van der Waals surface area contributed by atoms with Gasteiger partial charge in [0, 0.05) is 19.2 Å². The van der Waals surface area contributed by atoms with E-state index in [1.165, 1.54) is 37.8 Å². The highest BCUT2D eigenvalue weighted by Gasteiger charge is 2.18. The molecule has 0 saturated heterocycles. The molecule has 134 valence electrons. The monoisotopic (exact) mass is 347 g/mol. The number of hydrogen-bond donors (Lipinski definition) is 0. The van der Waals surface area contributed by atoms with E-state index < -0.39 is 29.1 Å². The molecule has 0 aromatic heterocycles. The number of allylic oxidation sites excluding steroid dienone is 2. The fourth-order valence-electron chi connectivity index (χ4n) is 2.06. The average Bonchev–Trinajstić information content (AvgIpc) is 2.57. The third kappa shape index (κ3) is 6.34. The van der Waals surface area contributed by atoms with Crippen LogP contribution in [0.4, 0.5) is 22.0 Å². The predicted octanol–water partition coefficient (Wildman–Crippen LogP) is 5.72. The van der Waals surface area contributed by atoms with Crippen molar-refractivity contribution < 1.29 is 22.0 Å². The Kier molecular flexibility index (Phi) is 8.50. The van der Waals surface area contributed by atoms with E-state index in [0.29, 0.717) is 0 Å². The molecular formula is C18H22F5N. The van der Waals surface area contributed by atoms with Crippen LogP contribution in [0.1, 0.15) is 39.5 Å². The first-order valence-corrected chi connectivity index (χ1v) is 7.94. The van der Waals surface area contributed by atoms with Gasteiger partial charge in [0.25, 0.3) is 0 Å². The molecule has 0 N–H and O–H groups in total. The maximum absolute atomic E-state index is 12.0. The number of benzene rings is 1. The summed E-state index contributed by atoms with van der Waals surface area (Å²) in [6.45, 7) is 6.74. The van der Waals surface area contributed by atoms with Gasteiger partial charge >= 0.3 is 0 Å². The van der Waals surface area contributed by atoms with Gasteiger partial charge in [-0.3, -0.25) is 0 Å². The molecule has 0 amide bonds. The van der Waals surface area contributed by atoms with Crippen molar-refractivity contribution in [2.45, 2.75) is 39.5 Å². The van der Waals surface area contributed by atoms with Crippen LogP contribution in [-0.2, 0) is 0 Å². The lowest BCUT2D eigenvalue weighted by molar-refractivity contribution is 0.378. The van der Waals surface area contributed by atoms with Crippen molar-refractivity contribution in [3.8, 4) is 0 Å². The molecule has 1 aliphatic heterocycles. The third-order valence-corrected chi connectivity index (χ3v) is 3.55. The van der Waals surface area contributed by atoms with Crippen molar-refractivity contribution in [2.24, 2.45) is 0 Å². The van der Waals surface area contributed by atoms with Crippen LogP contribution in [0.5, 0.6) is 0 Å². The molecule has 24 heavy (non-hydrogen) atoms. The van der Waals surface area contributed by atoms with Gasteiger partial charge in [-0.05, 0) is 25.6 Å². The first kappa shape index (κ1) is 20.2. The molecular weight excluding hydrogens is 325 g/mol. The minimum absolute atomic E-state index is 0.0618. The molecule has 2 rings (SSSR count). The summed E-state index contributed by atoms with van der Waals surface area (Å²) in [5.74, 6) is -9.65. The second-order valence-corrected chi connectivity index (χ2v) is 5.60. The Balaban J connectivity index is 0.000000243. The molecule has 1 aliphatic rings. The average molecular weight is 347 g/mol. The Morgan fingerprint density at radius 2 is 1.54 bits per heavy atom. The van der Waals surface area contributed by atoms with Gasteiger partial charge in [0.05, 0.1) is 0 Å². The van der Waals surface area contributed by atoms with Crippen LogP contribution in [-0.4, -0.2) is 18.0 Å². The highest BCUT2D eigenvalue weighted by atomic mass is 19.2. The van der Waals surface area contributed by atoms with Gasteiger partial charge < -0.3 is 4.90 Å². The van der Waals surface area contributed by atoms with E-state index in [0.717, 1.165) is 6.54 Å². The van der Waals surface area contributed by atoms with Crippen molar-refractivity contribution in [1.29, 1.82) is 0 Å². The zero-order valence-electron chi connectivity index (χ0n) is 13.9. The molecule has 1 heterocycles. The van der Waals surface area contributed by atoms with E-state index in [-0.39, 0.29) is 6.07 Å². The lowest BCUT2D eigenvalue weighted by Gasteiger charge is -2.21. The lowest BCUT2D eigenvalue weighted by Crippen LogP contribution is -2.20. The third-order valence-electron chi connectivity index (χ3n) is 3.55. The van der Waals surface area contributed by atoms with Crippen LogP contribution in [0.3, 0.4) is 0 Å². The molecule has 0 bridgehead atoms. The topological polar surface area (TPSA) is 3.24 Å². The standard InChI is InChI=1S/C12H21N.C6HF5/c1-3-4-5-6-9-13-10-7-12(2)8-11-13;7-2-1-3(8)5(10)6(11)4(2)9/h7-8,10H,3-6,9,11H2,1-2H3;1H. The second kappa shape index (κ2) is 10.1. The summed E-state index contributed by atoms with van der Waals surface area (Å²) >= 11 is 0. The summed E-state index contributed by atoms with van der Waals surface area (Å²) in [5, 5.41) is 0. The normalized spacial score (nSPS) is 13.5. The van der Waals surface area contributed by atoms with Gasteiger partial charge in [-0.15, -0.1) is 0 Å². The number of rotatable bonds is 5. The smallest absolute Gasteiger partial charge is 0.200 e. The highest BCUT2D eigenvalue weighted by molar-refractivity contribution is 5.19. The number of nitrogens with zero attached hydrogens (tertiary/aromatic N) is 1. The van der Waals surface area contributed by atoms with Crippen LogP contribution in [0.15, 0.2) is 30.0 Å². The highest BCUT2D eigenvalue weighted by Crippen LogP contribution is 2.16. The van der Waals surface area contributed by atoms with E-state index in [1.807, 2.05) is 0 Å². The van der Waals surface area contributed by atoms with Crippen LogP contribution < -0.4 is 0 Å². The molecule has 0 radical (unpaired) electrons. The van der Waals surface area contributed by atoms with Crippen LogP contribution in [0.25, 0.3) is 0 Å². The van der Waals surface area contributed by atoms with Crippen molar-refractivity contribution in [3.05, 3.63) is 59.1 Å². The largest absolute Gasteiger partial charge is 0.374 e. The lowest BCUT2D eigenvalue weighted by atomic mass is 10.2. The fourth-order valence-corrected chi connectivity index (χ4v) is 2.06. The predicted molar refractivity (Wildman–Crippen MR) is 84.8 cm³/mol. The van der Waals surface area contributed by atoms with Gasteiger partial charge in [0.15, 0.2) is 23.3 Å². The summed E-state index contributed by atoms with van der Waals surface area (Å²) in [6.07, 6.45) is 12.1. The maximum atomic E-state index is 12.0. The van der Waals surface area contributed by atoms with Crippen LogP contribution in [0, 0.1) is 29.1 Å². The van der Waals surface area contributed by atoms with E-state index in [4.69, 9.17) is 0 Å². The maximum Gasteiger partial charge on any atom is 0.200 e. The minimum Gasteiger partial charge on any atom is -0.374 e. The summed E-state index contributed by atoms with van der Waals surface area (Å²) in [7, 11) is 0. The SMILES string of the molecule is CCCCCCN1C=CC(C)=CC1.Fc1cc(F)c(F)c(F)c1F. The van der Waals surface area contributed by atoms with Gasteiger partial charge in [-0.2, -0.15) is 0 Å². The number of unbranched alkanes of at least 4 members (excludes halogenated alkanes) is 3. The Morgan fingerprint density at radius 3 is 2.04 bits per heavy atom. The van der Waals surface area contributed by atoms with Gasteiger partial charge in [-0.25, -0.2) is 22.0 Å². The van der Waals surface area contributed by atoms with E-state index in [9.17, 15) is 22.0 Å². The molecule has 0 aliphatic carbocycles. The minimum atomic E-state index is -2.14. The Bertz CT molecular complexity index is 569. The van der Waals surface area contributed by atoms with Crippen molar-refractivity contribution in [1.82, 2.24) is 4.90 Å². The second-order valence-electron chi connectivity index (χ2n) is 5.60. The van der Waals surface area contributed by atoms with Crippen LogP contribution in [0.2, 0.25) is 0 Å². The number of halogens is 5. The Labute approximate surface area is 139 Å². The molecule has 0 unspecified atom stereocenters. The Hall–Kier alpha value is -1.85. The molecule has 6 heteroatoms. The quantitative estimate of drug-likeness (QED) is 0.285. The molecule has 1 nitrogen and oxygen atoms in total. The van der Waals surface area contributed by atoms with Crippen LogP contribution >= 0.6 is 0 Å². The summed E-state index contributed by atoms with van der Waals surface area (Å²) < 4.78 is 60.0. The first-order chi connectivity index (χ1) is 11.4. The summed E-state index contributed by atoms with van der Waals surface area (Å²) in [5.41, 5.74) is 1.39. The van der Waals surface area contributed by atoms with Crippen molar-refractivity contribution >= 4 is 0 Å². The zero-order chi connectivity index (χ0) is 18.1. The van der Waals surface area contributed by atoms with Gasteiger partial charge in [0.2, 0.25) is 5.82 Å². The molecule has 1 aromatic carbocycles. The summed E-state index contributed by atoms with van der Waals surface area (Å²) in [4.78, 5) is 2.39. The van der Waals surface area contributed by atoms with Crippen molar-refractivity contribution in [3.63, 3.8) is 0 Å². The number of hydrogen-bond acceptors (Lipinski definition) is 1. The van der Waals surface area contributed by atoms with Crippen molar-refractivity contribution in [2.75, 3.05) is 13.1 Å². The Morgan fingerprint density at radius 1 is 0.917 bits per heavy atom. The summed E-state index contributed by atoms with van der Waals surface area (Å²) in [6, 6.07) is -0.0618. The van der Waals surface area contributed by atoms with Gasteiger partial charge in [0.1, 0.15) is 0 Å². The van der Waals surface area contributed by atoms with E-state index in [1.54, 1.807) is 0 Å². The fraction of sp³-hybridized carbons (Fsp3) is 0.444. The molecule has 0 spiro atoms.